The lowest BCUT2D eigenvalue weighted by Gasteiger charge is -2.20. The zero-order chi connectivity index (χ0) is 15.7. The molecule has 0 aliphatic carbocycles. The van der Waals surface area contributed by atoms with Crippen molar-refractivity contribution in [3.05, 3.63) is 36.4 Å². The first kappa shape index (κ1) is 15.6. The molecular weight excluding hydrogens is 367 g/mol. The van der Waals surface area contributed by atoms with E-state index in [9.17, 15) is 9.59 Å². The van der Waals surface area contributed by atoms with Gasteiger partial charge in [-0.05, 0) is 30.3 Å². The quantitative estimate of drug-likeness (QED) is 0.531. The van der Waals surface area contributed by atoms with Crippen molar-refractivity contribution in [1.29, 1.82) is 0 Å². The van der Waals surface area contributed by atoms with Crippen LogP contribution in [0.15, 0.2) is 56.0 Å². The molecule has 1 aliphatic rings. The van der Waals surface area contributed by atoms with Crippen molar-refractivity contribution in [3.8, 4) is 11.5 Å². The Morgan fingerprint density at radius 3 is 2.36 bits per heavy atom. The molecule has 8 heteroatoms. The van der Waals surface area contributed by atoms with Crippen LogP contribution in [0.25, 0.3) is 0 Å². The number of fused-ring (bicyclic) bond motifs is 2. The number of halogens is 2. The number of carbonyl (C=O) groups excluding carboxylic acids is 2. The molecule has 3 rings (SSSR count). The highest BCUT2D eigenvalue weighted by atomic mass is 35.5. The van der Waals surface area contributed by atoms with Crippen LogP contribution in [0.1, 0.15) is 0 Å². The predicted molar refractivity (Wildman–Crippen MR) is 84.9 cm³/mol. The number of hydrogen-bond donors (Lipinski definition) is 0. The van der Waals surface area contributed by atoms with Gasteiger partial charge in [0.2, 0.25) is 0 Å². The maximum atomic E-state index is 11.0. The Balaban J connectivity index is 1.94. The minimum absolute atomic E-state index is 0.374. The molecule has 0 unspecified atom stereocenters. The van der Waals surface area contributed by atoms with E-state index in [1.165, 1.54) is 23.5 Å². The van der Waals surface area contributed by atoms with Crippen LogP contribution in [0.5, 0.6) is 11.5 Å². The Labute approximate surface area is 144 Å². The van der Waals surface area contributed by atoms with Crippen LogP contribution in [0.3, 0.4) is 0 Å². The van der Waals surface area contributed by atoms with Crippen molar-refractivity contribution in [2.75, 3.05) is 0 Å². The molecule has 0 saturated heterocycles. The lowest BCUT2D eigenvalue weighted by Crippen LogP contribution is -2.00. The van der Waals surface area contributed by atoms with Crippen LogP contribution in [-0.2, 0) is 0 Å². The molecule has 1 heterocycles. The smallest absolute Gasteiger partial charge is 0.409 e. The first-order chi connectivity index (χ1) is 10.5. The third-order valence-corrected chi connectivity index (χ3v) is 5.41. The van der Waals surface area contributed by atoms with Crippen LogP contribution in [0.2, 0.25) is 0 Å². The fourth-order valence-electron chi connectivity index (χ4n) is 1.88. The minimum Gasteiger partial charge on any atom is -0.414 e. The van der Waals surface area contributed by atoms with E-state index in [1.807, 2.05) is 12.1 Å². The second-order valence-corrected chi connectivity index (χ2v) is 6.83. The molecule has 112 valence electrons. The number of hydrogen-bond acceptors (Lipinski definition) is 6. The maximum Gasteiger partial charge on any atom is 0.409 e. The van der Waals surface area contributed by atoms with E-state index >= 15 is 0 Å². The Hall–Kier alpha value is -1.34. The summed E-state index contributed by atoms with van der Waals surface area (Å²) in [5.41, 5.74) is -1.76. The summed E-state index contributed by atoms with van der Waals surface area (Å²) in [5.74, 6) is 0.788. The van der Waals surface area contributed by atoms with Gasteiger partial charge in [0.1, 0.15) is 11.5 Å². The highest BCUT2D eigenvalue weighted by Gasteiger charge is 2.22. The monoisotopic (exact) mass is 372 g/mol. The molecular formula is C14H6Cl2O4S2. The largest absolute Gasteiger partial charge is 0.414 e. The number of rotatable bonds is 2. The number of carbonyl (C=O) groups is 2. The molecule has 0 amide bonds. The molecule has 0 aromatic heterocycles. The van der Waals surface area contributed by atoms with E-state index in [-0.39, 0.29) is 0 Å². The first-order valence-electron chi connectivity index (χ1n) is 5.90. The minimum atomic E-state index is -0.884. The molecule has 2 aromatic rings. The van der Waals surface area contributed by atoms with Gasteiger partial charge in [0.15, 0.2) is 0 Å². The standard InChI is InChI=1S/C14H6Cl2O4S2/c15-13(17)19-7-4-5-9-11(6-7)21-10-3-1-2-8(12(10)22-9)20-14(16)18/h1-6H. The van der Waals surface area contributed by atoms with Crippen LogP contribution < -0.4 is 9.47 Å². The Bertz CT molecular complexity index is 779. The van der Waals surface area contributed by atoms with Crippen molar-refractivity contribution in [3.63, 3.8) is 0 Å². The van der Waals surface area contributed by atoms with Gasteiger partial charge in [-0.2, -0.15) is 0 Å². The molecule has 0 N–H and O–H groups in total. The summed E-state index contributed by atoms with van der Waals surface area (Å²) >= 11 is 13.4. The zero-order valence-electron chi connectivity index (χ0n) is 10.7. The molecule has 22 heavy (non-hydrogen) atoms. The highest BCUT2D eigenvalue weighted by molar-refractivity contribution is 8.05. The van der Waals surface area contributed by atoms with Crippen molar-refractivity contribution in [2.45, 2.75) is 19.6 Å². The molecule has 1 aliphatic heterocycles. The van der Waals surface area contributed by atoms with Gasteiger partial charge in [0.25, 0.3) is 0 Å². The van der Waals surface area contributed by atoms with Gasteiger partial charge < -0.3 is 9.47 Å². The van der Waals surface area contributed by atoms with E-state index < -0.39 is 10.9 Å². The van der Waals surface area contributed by atoms with Gasteiger partial charge in [0.05, 0.1) is 4.90 Å². The molecule has 0 fully saturated rings. The van der Waals surface area contributed by atoms with E-state index in [4.69, 9.17) is 32.7 Å². The molecule has 2 aromatic carbocycles. The molecule has 0 atom stereocenters. The van der Waals surface area contributed by atoms with Gasteiger partial charge in [-0.15, -0.1) is 0 Å². The van der Waals surface area contributed by atoms with Gasteiger partial charge in [-0.3, -0.25) is 0 Å². The summed E-state index contributed by atoms with van der Waals surface area (Å²) in [6, 6.07) is 10.5. The van der Waals surface area contributed by atoms with Crippen molar-refractivity contribution >= 4 is 57.6 Å². The third-order valence-electron chi connectivity index (χ3n) is 2.68. The fraction of sp³-hybridized carbons (Fsp3) is 0. The number of benzene rings is 2. The second kappa shape index (κ2) is 6.42. The van der Waals surface area contributed by atoms with Crippen molar-refractivity contribution in [1.82, 2.24) is 0 Å². The van der Waals surface area contributed by atoms with Crippen molar-refractivity contribution in [2.24, 2.45) is 0 Å². The SMILES string of the molecule is O=C(Cl)Oc1ccc2c(c1)Sc1cccc(OC(=O)Cl)c1S2. The van der Waals surface area contributed by atoms with Crippen LogP contribution in [-0.4, -0.2) is 10.9 Å². The summed E-state index contributed by atoms with van der Waals surface area (Å²) in [5, 5.41) is 0. The summed E-state index contributed by atoms with van der Waals surface area (Å²) in [6.07, 6.45) is 0. The third kappa shape index (κ3) is 3.35. The summed E-state index contributed by atoms with van der Waals surface area (Å²) in [4.78, 5) is 25.4. The van der Waals surface area contributed by atoms with Crippen LogP contribution >= 0.6 is 46.7 Å². The van der Waals surface area contributed by atoms with Crippen LogP contribution in [0, 0.1) is 0 Å². The maximum absolute atomic E-state index is 11.0. The van der Waals surface area contributed by atoms with Crippen molar-refractivity contribution < 1.29 is 19.1 Å². The second-order valence-electron chi connectivity index (χ2n) is 4.08. The van der Waals surface area contributed by atoms with E-state index in [2.05, 4.69) is 0 Å². The molecule has 0 saturated carbocycles. The summed E-state index contributed by atoms with van der Waals surface area (Å²) in [6.45, 7) is 0. The first-order valence-corrected chi connectivity index (χ1v) is 8.29. The normalized spacial score (nSPS) is 12.1. The Morgan fingerprint density at radius 1 is 0.864 bits per heavy atom. The lowest BCUT2D eigenvalue weighted by molar-refractivity contribution is 0.224. The topological polar surface area (TPSA) is 52.6 Å². The summed E-state index contributed by atoms with van der Waals surface area (Å²) < 4.78 is 9.87. The predicted octanol–water partition coefficient (Wildman–Crippen LogP) is 5.78. The molecule has 0 spiro atoms. The van der Waals surface area contributed by atoms with E-state index in [0.29, 0.717) is 11.5 Å². The van der Waals surface area contributed by atoms with E-state index in [0.717, 1.165) is 19.6 Å². The van der Waals surface area contributed by atoms with Gasteiger partial charge in [-0.1, -0.05) is 29.6 Å². The fourth-order valence-corrected chi connectivity index (χ4v) is 4.37. The molecule has 0 bridgehead atoms. The number of ether oxygens (including phenoxy) is 2. The summed E-state index contributed by atoms with van der Waals surface area (Å²) in [7, 11) is 0. The van der Waals surface area contributed by atoms with E-state index in [1.54, 1.807) is 24.3 Å². The zero-order valence-corrected chi connectivity index (χ0v) is 13.8. The Morgan fingerprint density at radius 2 is 1.64 bits per heavy atom. The molecule has 4 nitrogen and oxygen atoms in total. The highest BCUT2D eigenvalue weighted by Crippen LogP contribution is 2.52. The van der Waals surface area contributed by atoms with Gasteiger partial charge in [-0.25, -0.2) is 9.59 Å². The lowest BCUT2D eigenvalue weighted by atomic mass is 10.3. The van der Waals surface area contributed by atoms with Gasteiger partial charge in [0, 0.05) is 37.9 Å². The van der Waals surface area contributed by atoms with Gasteiger partial charge >= 0.3 is 10.9 Å². The molecule has 0 radical (unpaired) electrons. The average molecular weight is 373 g/mol. The Kier molecular flexibility index (Phi) is 4.54. The van der Waals surface area contributed by atoms with Crippen LogP contribution in [0.4, 0.5) is 9.59 Å². The average Bonchev–Trinajstić information content (AvgIpc) is 2.44.